The van der Waals surface area contributed by atoms with Gasteiger partial charge in [0.15, 0.2) is 0 Å². The first-order chi connectivity index (χ1) is 24.1. The quantitative estimate of drug-likeness (QED) is 0.0645. The molecular formula is C37H66N4O12. The summed E-state index contributed by atoms with van der Waals surface area (Å²) in [6, 6.07) is -4.62. The van der Waals surface area contributed by atoms with Gasteiger partial charge >= 0.3 is 17.9 Å². The first-order valence-electron chi connectivity index (χ1n) is 17.9. The van der Waals surface area contributed by atoms with Crippen molar-refractivity contribution in [3.05, 3.63) is 0 Å². The van der Waals surface area contributed by atoms with E-state index in [0.29, 0.717) is 32.0 Å². The molecule has 0 aliphatic carbocycles. The van der Waals surface area contributed by atoms with Crippen LogP contribution in [0, 0.1) is 0 Å². The number of unbranched alkanes of at least 4 members (excludes halogenated alkanes) is 1. The zero-order valence-electron chi connectivity index (χ0n) is 34.3. The van der Waals surface area contributed by atoms with Gasteiger partial charge in [-0.15, -0.1) is 0 Å². The van der Waals surface area contributed by atoms with Gasteiger partial charge in [0.05, 0.1) is 24.9 Å². The zero-order chi connectivity index (χ0) is 41.8. The number of aldehydes is 1. The van der Waals surface area contributed by atoms with Gasteiger partial charge in [-0.25, -0.2) is 0 Å². The molecule has 0 rings (SSSR count). The maximum absolute atomic E-state index is 13.5. The van der Waals surface area contributed by atoms with Gasteiger partial charge in [-0.05, 0) is 109 Å². The van der Waals surface area contributed by atoms with Crippen molar-refractivity contribution in [3.63, 3.8) is 0 Å². The fraction of sp³-hybridized carbons (Fsp3) is 0.784. The molecule has 4 atom stereocenters. The van der Waals surface area contributed by atoms with Crippen LogP contribution in [0.3, 0.4) is 0 Å². The average Bonchev–Trinajstić information content (AvgIpc) is 2.95. The van der Waals surface area contributed by atoms with Crippen LogP contribution in [0.2, 0.25) is 0 Å². The number of carbonyl (C=O) groups is 8. The molecule has 0 saturated heterocycles. The van der Waals surface area contributed by atoms with Crippen LogP contribution in [-0.2, 0) is 57.3 Å². The SMILES string of the molecule is CC(C)(C)OC=O.CCC(C=O)NC(=O)C(CC(=O)OC(C)(C)C)NC(=O)C(CC(=O)OC(C)(C)C)NC(=O)C(CCCCC(=O)OC(C)(C)C)NC. The van der Waals surface area contributed by atoms with Crippen LogP contribution < -0.4 is 21.3 Å². The third-order valence-corrected chi connectivity index (χ3v) is 6.39. The Bertz CT molecular complexity index is 1210. The molecule has 0 fully saturated rings. The molecule has 16 heteroatoms. The Kier molecular flexibility index (Phi) is 22.7. The number of ether oxygens (including phenoxy) is 4. The zero-order valence-corrected chi connectivity index (χ0v) is 34.3. The fourth-order valence-corrected chi connectivity index (χ4v) is 4.14. The lowest BCUT2D eigenvalue weighted by atomic mass is 10.1. The third-order valence-electron chi connectivity index (χ3n) is 6.39. The summed E-state index contributed by atoms with van der Waals surface area (Å²) in [5, 5.41) is 10.3. The molecule has 0 aromatic carbocycles. The van der Waals surface area contributed by atoms with Crippen LogP contribution in [0.5, 0.6) is 0 Å². The summed E-state index contributed by atoms with van der Waals surface area (Å²) in [4.78, 5) is 98.2. The summed E-state index contributed by atoms with van der Waals surface area (Å²) in [5.74, 6) is -4.28. The van der Waals surface area contributed by atoms with E-state index in [-0.39, 0.29) is 24.4 Å². The van der Waals surface area contributed by atoms with Crippen LogP contribution in [0.25, 0.3) is 0 Å². The van der Waals surface area contributed by atoms with Crippen LogP contribution in [0.1, 0.15) is 135 Å². The summed E-state index contributed by atoms with van der Waals surface area (Å²) >= 11 is 0. The molecule has 0 aromatic rings. The first-order valence-corrected chi connectivity index (χ1v) is 17.9. The topological polar surface area (TPSA) is 222 Å². The minimum atomic E-state index is -1.48. The van der Waals surface area contributed by atoms with Gasteiger partial charge in [-0.2, -0.15) is 0 Å². The Morgan fingerprint density at radius 1 is 0.566 bits per heavy atom. The second-order valence-electron chi connectivity index (χ2n) is 16.4. The molecule has 0 aliphatic rings. The van der Waals surface area contributed by atoms with Gasteiger partial charge in [-0.3, -0.25) is 33.6 Å². The molecule has 0 radical (unpaired) electrons. The molecule has 0 heterocycles. The maximum atomic E-state index is 13.5. The van der Waals surface area contributed by atoms with E-state index in [2.05, 4.69) is 26.0 Å². The van der Waals surface area contributed by atoms with Crippen LogP contribution in [0.4, 0.5) is 0 Å². The molecule has 0 saturated carbocycles. The lowest BCUT2D eigenvalue weighted by molar-refractivity contribution is -0.158. The lowest BCUT2D eigenvalue weighted by Crippen LogP contribution is -2.58. The van der Waals surface area contributed by atoms with E-state index in [1.54, 1.807) is 76.3 Å². The minimum absolute atomic E-state index is 0.170. The van der Waals surface area contributed by atoms with E-state index in [9.17, 15) is 38.4 Å². The predicted octanol–water partition coefficient (Wildman–Crippen LogP) is 2.96. The molecule has 0 aromatic heterocycles. The number of carbonyl (C=O) groups excluding carboxylic acids is 8. The van der Waals surface area contributed by atoms with E-state index in [1.807, 2.05) is 20.8 Å². The Balaban J connectivity index is 0. The smallest absolute Gasteiger partial charge is 0.308 e. The predicted molar refractivity (Wildman–Crippen MR) is 197 cm³/mol. The number of hydrogen-bond donors (Lipinski definition) is 4. The van der Waals surface area contributed by atoms with Crippen LogP contribution >= 0.6 is 0 Å². The van der Waals surface area contributed by atoms with E-state index in [4.69, 9.17) is 14.2 Å². The van der Waals surface area contributed by atoms with Crippen molar-refractivity contribution in [1.29, 1.82) is 0 Å². The summed E-state index contributed by atoms with van der Waals surface area (Å²) < 4.78 is 20.5. The van der Waals surface area contributed by atoms with E-state index < -0.39 is 83.5 Å². The number of likely N-dealkylation sites (N-methyl/N-ethyl adjacent to an activating group) is 1. The van der Waals surface area contributed by atoms with Gasteiger partial charge in [0.1, 0.15) is 40.8 Å². The summed E-state index contributed by atoms with van der Waals surface area (Å²) in [7, 11) is 1.56. The van der Waals surface area contributed by atoms with Crippen molar-refractivity contribution in [2.75, 3.05) is 7.05 Å². The van der Waals surface area contributed by atoms with Gasteiger partial charge in [0.2, 0.25) is 17.7 Å². The Labute approximate surface area is 315 Å². The molecule has 306 valence electrons. The molecule has 0 aliphatic heterocycles. The molecule has 16 nitrogen and oxygen atoms in total. The molecule has 4 N–H and O–H groups in total. The summed E-state index contributed by atoms with van der Waals surface area (Å²) in [6.45, 7) is 22.8. The number of nitrogens with one attached hydrogen (secondary N) is 4. The van der Waals surface area contributed by atoms with E-state index >= 15 is 0 Å². The number of rotatable bonds is 19. The largest absolute Gasteiger partial charge is 0.462 e. The molecule has 0 spiro atoms. The highest BCUT2D eigenvalue weighted by molar-refractivity contribution is 5.96. The van der Waals surface area contributed by atoms with E-state index in [0.717, 1.165) is 0 Å². The van der Waals surface area contributed by atoms with Gasteiger partial charge in [0.25, 0.3) is 6.47 Å². The van der Waals surface area contributed by atoms with E-state index in [1.165, 1.54) is 0 Å². The second-order valence-corrected chi connectivity index (χ2v) is 16.4. The van der Waals surface area contributed by atoms with Gasteiger partial charge in [0, 0.05) is 6.42 Å². The lowest BCUT2D eigenvalue weighted by Gasteiger charge is -2.27. The highest BCUT2D eigenvalue weighted by Crippen LogP contribution is 2.14. The first kappa shape index (κ1) is 51.0. The minimum Gasteiger partial charge on any atom is -0.462 e. The fourth-order valence-electron chi connectivity index (χ4n) is 4.14. The van der Waals surface area contributed by atoms with Gasteiger partial charge in [-0.1, -0.05) is 13.3 Å². The normalized spacial score (nSPS) is 14.0. The standard InChI is InChI=1S/C32H56N4O10.C5H10O2/c1-12-20(19-37)34-28(42)22(17-25(39)45-31(5,6)7)36-29(43)23(18-26(40)46-32(8,9)10)35-27(41)21(33-11)15-13-14-16-24(38)44-30(2,3)4;1-5(2,3)7-4-6/h19-23,33H,12-18H2,1-11H3,(H,34,42)(H,35,41)(H,36,43);4H,1-3H3. The molecule has 53 heavy (non-hydrogen) atoms. The van der Waals surface area contributed by atoms with Crippen molar-refractivity contribution >= 4 is 48.4 Å². The number of amides is 3. The maximum Gasteiger partial charge on any atom is 0.308 e. The van der Waals surface area contributed by atoms with Crippen molar-refractivity contribution in [2.24, 2.45) is 0 Å². The van der Waals surface area contributed by atoms with Crippen molar-refractivity contribution in [3.8, 4) is 0 Å². The highest BCUT2D eigenvalue weighted by atomic mass is 16.6. The summed E-state index contributed by atoms with van der Waals surface area (Å²) in [6.07, 6.45) is 1.06. The number of esters is 3. The Morgan fingerprint density at radius 3 is 1.28 bits per heavy atom. The monoisotopic (exact) mass is 758 g/mol. The van der Waals surface area contributed by atoms with Crippen molar-refractivity contribution < 1.29 is 57.3 Å². The summed E-state index contributed by atoms with van der Waals surface area (Å²) in [5.41, 5.74) is -2.68. The molecular weight excluding hydrogens is 692 g/mol. The second kappa shape index (κ2) is 23.6. The van der Waals surface area contributed by atoms with Gasteiger partial charge < -0.3 is 45.0 Å². The molecule has 4 unspecified atom stereocenters. The third kappa shape index (κ3) is 28.1. The highest BCUT2D eigenvalue weighted by Gasteiger charge is 2.34. The Hall–Kier alpha value is -4.08. The average molecular weight is 759 g/mol. The van der Waals surface area contributed by atoms with Crippen molar-refractivity contribution in [1.82, 2.24) is 21.3 Å². The Morgan fingerprint density at radius 2 is 0.962 bits per heavy atom. The van der Waals surface area contributed by atoms with Crippen LogP contribution in [-0.4, -0.2) is 102 Å². The molecule has 3 amide bonds. The number of hydrogen-bond acceptors (Lipinski definition) is 13. The molecule has 0 bridgehead atoms. The van der Waals surface area contributed by atoms with Crippen LogP contribution in [0.15, 0.2) is 0 Å². The van der Waals surface area contributed by atoms with Crippen molar-refractivity contribution in [2.45, 2.75) is 182 Å².